The number of carbonyl (C=O) groups is 3. The molecule has 2 aromatic rings. The van der Waals surface area contributed by atoms with Gasteiger partial charge in [0.15, 0.2) is 11.0 Å². The van der Waals surface area contributed by atoms with Crippen molar-refractivity contribution in [2.45, 2.75) is 43.9 Å². The number of rotatable bonds is 6. The van der Waals surface area contributed by atoms with Crippen molar-refractivity contribution in [2.75, 3.05) is 5.75 Å². The molecule has 3 heterocycles. The molecular formula is C23H22N4O4S2. The van der Waals surface area contributed by atoms with E-state index in [9.17, 15) is 14.4 Å². The molecule has 1 atom stereocenters. The second-order valence-electron chi connectivity index (χ2n) is 8.06. The van der Waals surface area contributed by atoms with Gasteiger partial charge in [-0.2, -0.15) is 0 Å². The minimum Gasteiger partial charge on any atom is -0.467 e. The van der Waals surface area contributed by atoms with Gasteiger partial charge < -0.3 is 9.73 Å². The van der Waals surface area contributed by atoms with Crippen LogP contribution in [0.2, 0.25) is 0 Å². The SMILES string of the molecule is O=C1N/C(=N/N=C2/S[C@@H](CC(=O)c3ccc4c(c3)CCCC4)C(=O)N2Cc2ccco2)CS1. The van der Waals surface area contributed by atoms with Gasteiger partial charge in [-0.05, 0) is 55.0 Å². The van der Waals surface area contributed by atoms with Gasteiger partial charge in [0.1, 0.15) is 11.6 Å². The number of hydrogen-bond acceptors (Lipinski definition) is 8. The van der Waals surface area contributed by atoms with Crippen molar-refractivity contribution in [3.8, 4) is 0 Å². The van der Waals surface area contributed by atoms with Crippen LogP contribution in [-0.2, 0) is 24.2 Å². The highest BCUT2D eigenvalue weighted by Gasteiger charge is 2.40. The number of hydrogen-bond donors (Lipinski definition) is 1. The number of nitrogens with one attached hydrogen (secondary N) is 1. The Morgan fingerprint density at radius 2 is 2.00 bits per heavy atom. The standard InChI is InChI=1S/C23H22N4O4S2/c28-18(16-8-7-14-4-1-2-5-15(14)10-16)11-19-21(29)27(12-17-6-3-9-31-17)22(33-19)26-25-20-13-32-23(30)24-20/h3,6-10,19H,1-2,4-5,11-13H2,(H,24,25,30)/b26-22+/t19-/m0/s1. The third-order valence-corrected chi connectivity index (χ3v) is 7.75. The molecule has 1 aromatic carbocycles. The average molecular weight is 483 g/mol. The number of Topliss-reactive ketones (excluding diaryl/α,β-unsaturated/α-hetero) is 1. The fourth-order valence-electron chi connectivity index (χ4n) is 4.09. The lowest BCUT2D eigenvalue weighted by atomic mass is 9.89. The van der Waals surface area contributed by atoms with Crippen molar-refractivity contribution in [1.82, 2.24) is 10.2 Å². The van der Waals surface area contributed by atoms with E-state index in [1.54, 1.807) is 18.4 Å². The highest BCUT2D eigenvalue weighted by Crippen LogP contribution is 2.32. The van der Waals surface area contributed by atoms with Gasteiger partial charge >= 0.3 is 0 Å². The number of ketones is 1. The number of nitrogens with zero attached hydrogens (tertiary/aromatic N) is 3. The summed E-state index contributed by atoms with van der Waals surface area (Å²) in [7, 11) is 0. The largest absolute Gasteiger partial charge is 0.467 e. The lowest BCUT2D eigenvalue weighted by Crippen LogP contribution is -2.32. The van der Waals surface area contributed by atoms with Crippen LogP contribution in [0.3, 0.4) is 0 Å². The Hall–Kier alpha value is -2.85. The molecule has 1 aliphatic carbocycles. The molecule has 2 aliphatic heterocycles. The fraction of sp³-hybridized carbons (Fsp3) is 0.348. The molecule has 5 rings (SSSR count). The molecule has 0 radical (unpaired) electrons. The Labute approximate surface area is 199 Å². The van der Waals surface area contributed by atoms with Gasteiger partial charge in [-0.25, -0.2) is 0 Å². The maximum atomic E-state index is 13.2. The van der Waals surface area contributed by atoms with Crippen LogP contribution in [0.15, 0.2) is 51.2 Å². The molecule has 1 N–H and O–H groups in total. The quantitative estimate of drug-likeness (QED) is 0.493. The highest BCUT2D eigenvalue weighted by molar-refractivity contribution is 8.15. The van der Waals surface area contributed by atoms with E-state index in [0.717, 1.165) is 31.0 Å². The summed E-state index contributed by atoms with van der Waals surface area (Å²) >= 11 is 2.33. The Morgan fingerprint density at radius 1 is 1.15 bits per heavy atom. The van der Waals surface area contributed by atoms with Crippen molar-refractivity contribution in [2.24, 2.45) is 10.2 Å². The first kappa shape index (κ1) is 22.0. The summed E-state index contributed by atoms with van der Waals surface area (Å²) in [5.74, 6) is 1.20. The molecule has 33 heavy (non-hydrogen) atoms. The topological polar surface area (TPSA) is 104 Å². The molecule has 2 amide bonds. The summed E-state index contributed by atoms with van der Waals surface area (Å²) in [5, 5.41) is 10.6. The first-order chi connectivity index (χ1) is 16.1. The molecule has 0 saturated carbocycles. The predicted octanol–water partition coefficient (Wildman–Crippen LogP) is 4.00. The van der Waals surface area contributed by atoms with Crippen LogP contribution in [0.4, 0.5) is 4.79 Å². The zero-order valence-electron chi connectivity index (χ0n) is 17.8. The van der Waals surface area contributed by atoms with E-state index in [0.29, 0.717) is 28.1 Å². The highest BCUT2D eigenvalue weighted by atomic mass is 32.2. The van der Waals surface area contributed by atoms with Crippen LogP contribution in [-0.4, -0.2) is 43.8 Å². The number of benzene rings is 1. The molecule has 2 fully saturated rings. The van der Waals surface area contributed by atoms with Crippen molar-refractivity contribution >= 4 is 51.5 Å². The minimum absolute atomic E-state index is 0.0563. The van der Waals surface area contributed by atoms with Gasteiger partial charge in [-0.1, -0.05) is 35.7 Å². The second-order valence-corrected chi connectivity index (χ2v) is 10.2. The Bertz CT molecular complexity index is 1160. The van der Waals surface area contributed by atoms with Crippen LogP contribution in [0.1, 0.15) is 46.5 Å². The number of fused-ring (bicyclic) bond motifs is 1. The van der Waals surface area contributed by atoms with Crippen LogP contribution in [0.25, 0.3) is 0 Å². The van der Waals surface area contributed by atoms with E-state index < -0.39 is 5.25 Å². The Balaban J connectivity index is 1.34. The molecule has 10 heteroatoms. The molecule has 0 bridgehead atoms. The molecular weight excluding hydrogens is 460 g/mol. The summed E-state index contributed by atoms with van der Waals surface area (Å²) in [6, 6.07) is 9.44. The van der Waals surface area contributed by atoms with Crippen molar-refractivity contribution < 1.29 is 18.8 Å². The van der Waals surface area contributed by atoms with Crippen LogP contribution in [0, 0.1) is 0 Å². The van der Waals surface area contributed by atoms with E-state index in [1.165, 1.54) is 34.2 Å². The first-order valence-electron chi connectivity index (χ1n) is 10.8. The zero-order valence-corrected chi connectivity index (χ0v) is 19.4. The minimum atomic E-state index is -0.588. The maximum Gasteiger partial charge on any atom is 0.284 e. The third-order valence-electron chi connectivity index (χ3n) is 5.80. The first-order valence-corrected chi connectivity index (χ1v) is 12.7. The summed E-state index contributed by atoms with van der Waals surface area (Å²) in [6.45, 7) is 0.202. The smallest absolute Gasteiger partial charge is 0.284 e. The van der Waals surface area contributed by atoms with E-state index in [1.807, 2.05) is 18.2 Å². The number of furan rings is 1. The van der Waals surface area contributed by atoms with Gasteiger partial charge in [0.2, 0.25) is 5.91 Å². The maximum absolute atomic E-state index is 13.2. The Morgan fingerprint density at radius 3 is 2.76 bits per heavy atom. The van der Waals surface area contributed by atoms with Crippen molar-refractivity contribution in [1.29, 1.82) is 0 Å². The normalized spacial score (nSPS) is 22.8. The number of thioether (sulfide) groups is 2. The van der Waals surface area contributed by atoms with E-state index in [-0.39, 0.29) is 29.9 Å². The molecule has 8 nitrogen and oxygen atoms in total. The molecule has 3 aliphatic rings. The number of amides is 2. The van der Waals surface area contributed by atoms with Crippen LogP contribution >= 0.6 is 23.5 Å². The number of aryl methyl sites for hydroxylation is 2. The fourth-order valence-corrected chi connectivity index (χ4v) is 5.77. The monoisotopic (exact) mass is 482 g/mol. The van der Waals surface area contributed by atoms with Gasteiger partial charge in [-0.3, -0.25) is 19.3 Å². The lowest BCUT2D eigenvalue weighted by Gasteiger charge is -2.16. The van der Waals surface area contributed by atoms with E-state index >= 15 is 0 Å². The molecule has 0 spiro atoms. The summed E-state index contributed by atoms with van der Waals surface area (Å²) < 4.78 is 5.40. The predicted molar refractivity (Wildman–Crippen MR) is 129 cm³/mol. The average Bonchev–Trinajstić information content (AvgIpc) is 3.55. The summed E-state index contributed by atoms with van der Waals surface area (Å²) in [4.78, 5) is 39.1. The summed E-state index contributed by atoms with van der Waals surface area (Å²) in [5.41, 5.74) is 3.21. The van der Waals surface area contributed by atoms with Crippen molar-refractivity contribution in [3.63, 3.8) is 0 Å². The molecule has 1 aromatic heterocycles. The number of carbonyl (C=O) groups excluding carboxylic acids is 3. The Kier molecular flexibility index (Phi) is 6.37. The van der Waals surface area contributed by atoms with Gasteiger partial charge in [0, 0.05) is 12.0 Å². The van der Waals surface area contributed by atoms with Gasteiger partial charge in [0.25, 0.3) is 5.24 Å². The summed E-state index contributed by atoms with van der Waals surface area (Å²) in [6.07, 6.45) is 6.01. The second kappa shape index (κ2) is 9.56. The molecule has 170 valence electrons. The van der Waals surface area contributed by atoms with Crippen molar-refractivity contribution in [3.05, 3.63) is 59.0 Å². The van der Waals surface area contributed by atoms with Gasteiger partial charge in [0.05, 0.1) is 23.8 Å². The third kappa shape index (κ3) is 4.91. The van der Waals surface area contributed by atoms with Gasteiger partial charge in [-0.15, -0.1) is 10.2 Å². The van der Waals surface area contributed by atoms with E-state index in [2.05, 4.69) is 15.5 Å². The number of amidine groups is 2. The van der Waals surface area contributed by atoms with Crippen LogP contribution < -0.4 is 5.32 Å². The molecule has 2 saturated heterocycles. The lowest BCUT2D eigenvalue weighted by molar-refractivity contribution is -0.126. The zero-order chi connectivity index (χ0) is 22.8. The van der Waals surface area contributed by atoms with Crippen LogP contribution in [0.5, 0.6) is 0 Å². The van der Waals surface area contributed by atoms with E-state index in [4.69, 9.17) is 4.42 Å². The molecule has 0 unspecified atom stereocenters.